The van der Waals surface area contributed by atoms with Crippen molar-refractivity contribution in [3.8, 4) is 22.2 Å². The fraction of sp³-hybridized carbons (Fsp3) is 0.238. The van der Waals surface area contributed by atoms with Crippen LogP contribution in [0.2, 0.25) is 0 Å². The quantitative estimate of drug-likeness (QED) is 0.479. The molecule has 4 aromatic rings. The van der Waals surface area contributed by atoms with Gasteiger partial charge in [0.15, 0.2) is 6.10 Å². The van der Waals surface area contributed by atoms with E-state index in [-0.39, 0.29) is 5.97 Å². The number of ether oxygens (including phenoxy) is 3. The predicted octanol–water partition coefficient (Wildman–Crippen LogP) is 3.70. The third kappa shape index (κ3) is 2.87. The van der Waals surface area contributed by atoms with Crippen molar-refractivity contribution in [2.75, 3.05) is 14.2 Å². The van der Waals surface area contributed by atoms with Crippen LogP contribution in [-0.4, -0.2) is 41.2 Å². The van der Waals surface area contributed by atoms with Crippen LogP contribution in [0.5, 0.6) is 11.6 Å². The van der Waals surface area contributed by atoms with Gasteiger partial charge in [-0.3, -0.25) is 0 Å². The average molecular weight is 407 g/mol. The van der Waals surface area contributed by atoms with Gasteiger partial charge in [-0.1, -0.05) is 0 Å². The van der Waals surface area contributed by atoms with Gasteiger partial charge in [-0.15, -0.1) is 11.3 Å². The normalized spacial score (nSPS) is 15.3. The Balaban J connectivity index is 1.65. The summed E-state index contributed by atoms with van der Waals surface area (Å²) in [7, 11) is 2.94. The molecule has 0 amide bonds. The first kappa shape index (κ1) is 17.8. The molecule has 2 aromatic carbocycles. The number of thiazole rings is 1. The molecule has 3 heterocycles. The number of carbonyl (C=O) groups excluding carboxylic acids is 1. The number of aromatic nitrogens is 3. The van der Waals surface area contributed by atoms with Gasteiger partial charge in [-0.2, -0.15) is 0 Å². The molecule has 8 heteroatoms. The minimum absolute atomic E-state index is 0.368. The van der Waals surface area contributed by atoms with Crippen LogP contribution in [0.15, 0.2) is 30.5 Å². The Kier molecular flexibility index (Phi) is 4.09. The summed E-state index contributed by atoms with van der Waals surface area (Å²) in [6, 6.07) is 7.83. The number of hydrogen-bond donors (Lipinski definition) is 0. The molecule has 0 fully saturated rings. The minimum atomic E-state index is -0.607. The molecule has 1 atom stereocenters. The van der Waals surface area contributed by atoms with E-state index < -0.39 is 6.10 Å². The Hall–Kier alpha value is -3.26. The number of fused-ring (bicyclic) bond motifs is 4. The largest absolute Gasteiger partial charge is 0.480 e. The first-order valence-electron chi connectivity index (χ1n) is 9.06. The molecule has 0 bridgehead atoms. The molecule has 1 aliphatic rings. The lowest BCUT2D eigenvalue weighted by Gasteiger charge is -2.06. The predicted molar refractivity (Wildman–Crippen MR) is 110 cm³/mol. The number of benzene rings is 2. The van der Waals surface area contributed by atoms with E-state index in [1.165, 1.54) is 7.11 Å². The summed E-state index contributed by atoms with van der Waals surface area (Å²) in [5, 5.41) is 0.850. The first-order chi connectivity index (χ1) is 14.1. The number of methoxy groups -OCH3 is 2. The first-order valence-corrected chi connectivity index (χ1v) is 9.87. The van der Waals surface area contributed by atoms with E-state index in [1.807, 2.05) is 25.1 Å². The second kappa shape index (κ2) is 6.66. The van der Waals surface area contributed by atoms with Crippen molar-refractivity contribution in [1.29, 1.82) is 0 Å². The fourth-order valence-corrected chi connectivity index (χ4v) is 4.73. The van der Waals surface area contributed by atoms with E-state index in [9.17, 15) is 4.79 Å². The summed E-state index contributed by atoms with van der Waals surface area (Å²) in [5.74, 6) is 0.817. The van der Waals surface area contributed by atoms with Crippen molar-refractivity contribution < 1.29 is 19.0 Å². The van der Waals surface area contributed by atoms with Crippen LogP contribution >= 0.6 is 11.3 Å². The highest BCUT2D eigenvalue weighted by Gasteiger charge is 2.32. The zero-order chi connectivity index (χ0) is 20.1. The van der Waals surface area contributed by atoms with Gasteiger partial charge in [0.2, 0.25) is 5.88 Å². The zero-order valence-corrected chi connectivity index (χ0v) is 16.9. The van der Waals surface area contributed by atoms with Gasteiger partial charge in [-0.05, 0) is 36.8 Å². The van der Waals surface area contributed by atoms with Crippen LogP contribution in [-0.2, 0) is 16.0 Å². The maximum Gasteiger partial charge on any atom is 0.347 e. The van der Waals surface area contributed by atoms with Crippen molar-refractivity contribution in [3.05, 3.63) is 41.6 Å². The van der Waals surface area contributed by atoms with Gasteiger partial charge in [-0.25, -0.2) is 19.7 Å². The van der Waals surface area contributed by atoms with Crippen LogP contribution in [0.25, 0.3) is 31.8 Å². The number of carbonyl (C=O) groups is 1. The maximum atomic E-state index is 11.9. The number of nitrogens with zero attached hydrogens (tertiary/aromatic N) is 3. The highest BCUT2D eigenvalue weighted by molar-refractivity contribution is 7.22. The van der Waals surface area contributed by atoms with Gasteiger partial charge >= 0.3 is 5.97 Å². The molecule has 5 rings (SSSR count). The van der Waals surface area contributed by atoms with E-state index in [0.717, 1.165) is 42.9 Å². The zero-order valence-electron chi connectivity index (χ0n) is 16.1. The van der Waals surface area contributed by atoms with Gasteiger partial charge in [0, 0.05) is 17.5 Å². The number of hydrogen-bond acceptors (Lipinski definition) is 8. The number of esters is 1. The number of rotatable bonds is 3. The molecule has 0 saturated carbocycles. The van der Waals surface area contributed by atoms with E-state index in [0.29, 0.717) is 18.1 Å². The molecule has 0 unspecified atom stereocenters. The summed E-state index contributed by atoms with van der Waals surface area (Å²) >= 11 is 1.57. The summed E-state index contributed by atoms with van der Waals surface area (Å²) in [5.41, 5.74) is 5.39. The van der Waals surface area contributed by atoms with Gasteiger partial charge < -0.3 is 14.2 Å². The van der Waals surface area contributed by atoms with Gasteiger partial charge in [0.1, 0.15) is 10.8 Å². The molecule has 146 valence electrons. The van der Waals surface area contributed by atoms with Crippen molar-refractivity contribution in [3.63, 3.8) is 0 Å². The highest BCUT2D eigenvalue weighted by Crippen LogP contribution is 2.41. The molecule has 0 radical (unpaired) electrons. The molecule has 0 N–H and O–H groups in total. The summed E-state index contributed by atoms with van der Waals surface area (Å²) in [6.07, 6.45) is 1.48. The lowest BCUT2D eigenvalue weighted by Crippen LogP contribution is -2.26. The Bertz CT molecular complexity index is 1280. The lowest BCUT2D eigenvalue weighted by molar-refractivity contribution is -0.147. The van der Waals surface area contributed by atoms with Crippen LogP contribution in [0.3, 0.4) is 0 Å². The molecular formula is C21H17N3O4S. The van der Waals surface area contributed by atoms with Crippen molar-refractivity contribution in [1.82, 2.24) is 15.0 Å². The third-order valence-corrected chi connectivity index (χ3v) is 6.11. The highest BCUT2D eigenvalue weighted by atomic mass is 32.1. The van der Waals surface area contributed by atoms with Crippen LogP contribution in [0.1, 0.15) is 11.1 Å². The van der Waals surface area contributed by atoms with Gasteiger partial charge in [0.25, 0.3) is 0 Å². The van der Waals surface area contributed by atoms with Crippen LogP contribution in [0.4, 0.5) is 0 Å². The van der Waals surface area contributed by atoms with Crippen LogP contribution in [0, 0.1) is 6.92 Å². The fourth-order valence-electron chi connectivity index (χ4n) is 3.60. The van der Waals surface area contributed by atoms with E-state index in [2.05, 4.69) is 16.0 Å². The minimum Gasteiger partial charge on any atom is -0.480 e. The maximum absolute atomic E-state index is 11.9. The van der Waals surface area contributed by atoms with Crippen molar-refractivity contribution in [2.45, 2.75) is 19.4 Å². The molecular weight excluding hydrogens is 390 g/mol. The Morgan fingerprint density at radius 1 is 1.21 bits per heavy atom. The molecule has 29 heavy (non-hydrogen) atoms. The van der Waals surface area contributed by atoms with Crippen molar-refractivity contribution in [2.24, 2.45) is 0 Å². The summed E-state index contributed by atoms with van der Waals surface area (Å²) in [4.78, 5) is 25.8. The topological polar surface area (TPSA) is 83.4 Å². The third-order valence-electron chi connectivity index (χ3n) is 4.95. The molecule has 2 aromatic heterocycles. The second-order valence-electron chi connectivity index (χ2n) is 6.84. The van der Waals surface area contributed by atoms with E-state index >= 15 is 0 Å². The smallest absolute Gasteiger partial charge is 0.347 e. The standard InChI is InChI=1S/C21H17N3O4S/c1-10-6-12(18-14(7-10)23-17(26-2)9-22-18)20-24-13-4-5-15-11(19(13)29-20)8-16(28-15)21(25)27-3/h4-7,9,16H,8H2,1-3H3/t16-/m0/s1. The Labute approximate surface area is 170 Å². The lowest BCUT2D eigenvalue weighted by atomic mass is 10.1. The van der Waals surface area contributed by atoms with Crippen LogP contribution < -0.4 is 9.47 Å². The SMILES string of the molecule is COC(=O)[C@@H]1Cc2c(ccc3nc(-c4cc(C)cc5nc(OC)cnc45)sc23)O1. The molecule has 0 saturated heterocycles. The van der Waals surface area contributed by atoms with E-state index in [1.54, 1.807) is 24.6 Å². The van der Waals surface area contributed by atoms with E-state index in [4.69, 9.17) is 19.2 Å². The Morgan fingerprint density at radius 2 is 2.07 bits per heavy atom. The summed E-state index contributed by atoms with van der Waals surface area (Å²) < 4.78 is 16.8. The molecule has 1 aliphatic heterocycles. The second-order valence-corrected chi connectivity index (χ2v) is 7.83. The van der Waals surface area contributed by atoms with Gasteiger partial charge in [0.05, 0.1) is 41.7 Å². The number of aryl methyl sites for hydroxylation is 1. The average Bonchev–Trinajstić information content (AvgIpc) is 3.35. The van der Waals surface area contributed by atoms with Crippen molar-refractivity contribution >= 4 is 38.6 Å². The molecule has 7 nitrogen and oxygen atoms in total. The summed E-state index contributed by atoms with van der Waals surface area (Å²) in [6.45, 7) is 2.02. The molecule has 0 spiro atoms. The monoisotopic (exact) mass is 407 g/mol. The Morgan fingerprint density at radius 3 is 2.86 bits per heavy atom. The molecule has 0 aliphatic carbocycles.